The van der Waals surface area contributed by atoms with E-state index in [0.29, 0.717) is 5.69 Å². The minimum absolute atomic E-state index is 0.0349. The zero-order valence-electron chi connectivity index (χ0n) is 19.4. The third-order valence-electron chi connectivity index (χ3n) is 5.76. The highest BCUT2D eigenvalue weighted by molar-refractivity contribution is 5.92. The summed E-state index contributed by atoms with van der Waals surface area (Å²) in [6.45, 7) is 5.67. The fourth-order valence-corrected chi connectivity index (χ4v) is 3.77. The van der Waals surface area contributed by atoms with E-state index in [0.717, 1.165) is 31.5 Å². The van der Waals surface area contributed by atoms with Gasteiger partial charge in [0.2, 0.25) is 5.69 Å². The zero-order chi connectivity index (χ0) is 24.2. The van der Waals surface area contributed by atoms with Crippen molar-refractivity contribution in [3.63, 3.8) is 0 Å². The molecule has 4 rings (SSSR count). The molecule has 0 unspecified atom stereocenters. The van der Waals surface area contributed by atoms with Gasteiger partial charge in [0.25, 0.3) is 11.5 Å². The quantitative estimate of drug-likeness (QED) is 0.483. The summed E-state index contributed by atoms with van der Waals surface area (Å²) in [5.41, 5.74) is 2.38. The van der Waals surface area contributed by atoms with Gasteiger partial charge in [-0.3, -0.25) is 14.2 Å². The molecular weight excluding hydrogens is 428 g/mol. The second kappa shape index (κ2) is 9.70. The fourth-order valence-electron chi connectivity index (χ4n) is 3.77. The lowest BCUT2D eigenvalue weighted by Crippen LogP contribution is -2.46. The third-order valence-corrected chi connectivity index (χ3v) is 5.76. The average Bonchev–Trinajstić information content (AvgIpc) is 2.83. The van der Waals surface area contributed by atoms with E-state index in [1.54, 1.807) is 18.2 Å². The Balaban J connectivity index is 1.83. The van der Waals surface area contributed by atoms with Crippen LogP contribution in [0.2, 0.25) is 0 Å². The number of hydrogen-bond acceptors (Lipinski definition) is 4. The SMILES string of the molecule is Cc1cccc(-n2nc(C(=O)N[C@H](C)c3ccccc3)c(=O)n(Cc3ccccc3C)c2=O)c1. The minimum atomic E-state index is -0.727. The molecular formula is C27H26N4O3. The van der Waals surface area contributed by atoms with Crippen molar-refractivity contribution in [2.24, 2.45) is 0 Å². The van der Waals surface area contributed by atoms with Crippen LogP contribution in [0.15, 0.2) is 88.5 Å². The van der Waals surface area contributed by atoms with Gasteiger partial charge in [0, 0.05) is 0 Å². The van der Waals surface area contributed by atoms with Gasteiger partial charge in [-0.05, 0) is 55.2 Å². The first kappa shape index (κ1) is 22.9. The first-order valence-corrected chi connectivity index (χ1v) is 11.1. The summed E-state index contributed by atoms with van der Waals surface area (Å²) in [5.74, 6) is -0.638. The zero-order valence-corrected chi connectivity index (χ0v) is 19.4. The summed E-state index contributed by atoms with van der Waals surface area (Å²) >= 11 is 0. The molecule has 1 heterocycles. The second-order valence-electron chi connectivity index (χ2n) is 8.31. The Hall–Kier alpha value is -4.26. The monoisotopic (exact) mass is 454 g/mol. The molecule has 0 fully saturated rings. The molecule has 7 nitrogen and oxygen atoms in total. The summed E-state index contributed by atoms with van der Waals surface area (Å²) in [4.78, 5) is 39.9. The van der Waals surface area contributed by atoms with Crippen LogP contribution >= 0.6 is 0 Å². The fraction of sp³-hybridized carbons (Fsp3) is 0.185. The lowest BCUT2D eigenvalue weighted by Gasteiger charge is -2.16. The van der Waals surface area contributed by atoms with E-state index in [1.165, 1.54) is 0 Å². The Morgan fingerprint density at radius 3 is 2.35 bits per heavy atom. The van der Waals surface area contributed by atoms with Crippen molar-refractivity contribution in [3.05, 3.63) is 128 Å². The molecule has 0 bridgehead atoms. The second-order valence-corrected chi connectivity index (χ2v) is 8.31. The number of amides is 1. The molecule has 0 aliphatic rings. The molecule has 0 radical (unpaired) electrons. The van der Waals surface area contributed by atoms with E-state index in [4.69, 9.17) is 0 Å². The maximum atomic E-state index is 13.4. The highest BCUT2D eigenvalue weighted by Crippen LogP contribution is 2.12. The van der Waals surface area contributed by atoms with Crippen molar-refractivity contribution in [2.45, 2.75) is 33.4 Å². The van der Waals surface area contributed by atoms with E-state index in [9.17, 15) is 14.4 Å². The van der Waals surface area contributed by atoms with Crippen LogP contribution in [-0.4, -0.2) is 20.3 Å². The van der Waals surface area contributed by atoms with Crippen LogP contribution in [-0.2, 0) is 6.54 Å². The standard InChI is InChI=1S/C27H26N4O3/c1-18-10-9-15-23(16-18)31-27(34)30(17-22-14-8-7-11-19(22)2)26(33)24(29-31)25(32)28-20(3)21-12-5-4-6-13-21/h4-16,20H,17H2,1-3H3,(H,28,32)/t20-/m1/s1. The molecule has 0 aliphatic carbocycles. The van der Waals surface area contributed by atoms with Gasteiger partial charge in [0.05, 0.1) is 18.3 Å². The lowest BCUT2D eigenvalue weighted by atomic mass is 10.1. The van der Waals surface area contributed by atoms with Crippen LogP contribution in [0.1, 0.15) is 45.7 Å². The summed E-state index contributed by atoms with van der Waals surface area (Å²) in [5, 5.41) is 7.05. The number of hydrogen-bond donors (Lipinski definition) is 1. The van der Waals surface area contributed by atoms with Crippen LogP contribution in [0, 0.1) is 13.8 Å². The maximum Gasteiger partial charge on any atom is 0.352 e. The number of rotatable bonds is 6. The predicted molar refractivity (Wildman–Crippen MR) is 131 cm³/mol. The molecule has 1 amide bonds. The average molecular weight is 455 g/mol. The van der Waals surface area contributed by atoms with Crippen molar-refractivity contribution >= 4 is 5.91 Å². The molecule has 0 spiro atoms. The van der Waals surface area contributed by atoms with Gasteiger partial charge in [-0.25, -0.2) is 4.79 Å². The molecule has 7 heteroatoms. The Kier molecular flexibility index (Phi) is 6.54. The van der Waals surface area contributed by atoms with Gasteiger partial charge in [0.15, 0.2) is 0 Å². The Bertz CT molecular complexity index is 1450. The van der Waals surface area contributed by atoms with Gasteiger partial charge in [-0.15, -0.1) is 0 Å². The molecule has 1 aromatic heterocycles. The Labute approximate surface area is 197 Å². The maximum absolute atomic E-state index is 13.4. The van der Waals surface area contributed by atoms with Crippen molar-refractivity contribution < 1.29 is 4.79 Å². The van der Waals surface area contributed by atoms with Gasteiger partial charge < -0.3 is 5.32 Å². The Morgan fingerprint density at radius 2 is 1.65 bits per heavy atom. The van der Waals surface area contributed by atoms with Crippen LogP contribution in [0.5, 0.6) is 0 Å². The van der Waals surface area contributed by atoms with E-state index >= 15 is 0 Å². The molecule has 0 saturated heterocycles. The van der Waals surface area contributed by atoms with Crippen molar-refractivity contribution in [3.8, 4) is 5.69 Å². The summed E-state index contributed by atoms with van der Waals surface area (Å²) < 4.78 is 2.19. The van der Waals surface area contributed by atoms with Gasteiger partial charge in [-0.2, -0.15) is 9.78 Å². The number of benzene rings is 3. The topological polar surface area (TPSA) is 86.0 Å². The summed E-state index contributed by atoms with van der Waals surface area (Å²) in [7, 11) is 0. The molecule has 34 heavy (non-hydrogen) atoms. The summed E-state index contributed by atoms with van der Waals surface area (Å²) in [6.07, 6.45) is 0. The largest absolute Gasteiger partial charge is 0.352 e. The van der Waals surface area contributed by atoms with Crippen LogP contribution in [0.25, 0.3) is 5.69 Å². The number of nitrogens with one attached hydrogen (secondary N) is 1. The van der Waals surface area contributed by atoms with Crippen LogP contribution < -0.4 is 16.6 Å². The summed E-state index contributed by atoms with van der Waals surface area (Å²) in [6, 6.07) is 23.8. The molecule has 1 atom stereocenters. The first-order chi connectivity index (χ1) is 16.3. The molecule has 3 aromatic carbocycles. The number of nitrogens with zero attached hydrogens (tertiary/aromatic N) is 3. The van der Waals surface area contributed by atoms with Crippen molar-refractivity contribution in [1.82, 2.24) is 19.7 Å². The number of carbonyl (C=O) groups is 1. The van der Waals surface area contributed by atoms with Crippen LogP contribution in [0.4, 0.5) is 0 Å². The molecule has 4 aromatic rings. The van der Waals surface area contributed by atoms with Gasteiger partial charge in [0.1, 0.15) is 0 Å². The molecule has 172 valence electrons. The Morgan fingerprint density at radius 1 is 0.941 bits per heavy atom. The minimum Gasteiger partial charge on any atom is -0.344 e. The van der Waals surface area contributed by atoms with Crippen molar-refractivity contribution in [2.75, 3.05) is 0 Å². The number of aryl methyl sites for hydroxylation is 2. The molecule has 0 saturated carbocycles. The molecule has 0 aliphatic heterocycles. The van der Waals surface area contributed by atoms with Gasteiger partial charge >= 0.3 is 5.69 Å². The third kappa shape index (κ3) is 4.73. The number of aromatic nitrogens is 3. The van der Waals surface area contributed by atoms with E-state index in [2.05, 4.69) is 10.4 Å². The normalized spacial score (nSPS) is 11.7. The van der Waals surface area contributed by atoms with E-state index in [-0.39, 0.29) is 18.3 Å². The van der Waals surface area contributed by atoms with Crippen molar-refractivity contribution in [1.29, 1.82) is 0 Å². The predicted octanol–water partition coefficient (Wildman–Crippen LogP) is 3.55. The van der Waals surface area contributed by atoms with E-state index in [1.807, 2.05) is 81.4 Å². The first-order valence-electron chi connectivity index (χ1n) is 11.1. The highest BCUT2D eigenvalue weighted by atomic mass is 16.2. The molecule has 1 N–H and O–H groups in total. The number of carbonyl (C=O) groups excluding carboxylic acids is 1. The lowest BCUT2D eigenvalue weighted by molar-refractivity contribution is 0.0930. The highest BCUT2D eigenvalue weighted by Gasteiger charge is 2.22. The van der Waals surface area contributed by atoms with Crippen LogP contribution in [0.3, 0.4) is 0 Å². The van der Waals surface area contributed by atoms with Gasteiger partial charge in [-0.1, -0.05) is 66.7 Å². The van der Waals surface area contributed by atoms with E-state index < -0.39 is 17.2 Å². The smallest absolute Gasteiger partial charge is 0.344 e.